The SMILES string of the molecule is CCCNCc1cnc(OCCC(C)(C)C)c(Cl)c1. The lowest BCUT2D eigenvalue weighted by Gasteiger charge is -2.18. The molecule has 4 heteroatoms. The summed E-state index contributed by atoms with van der Waals surface area (Å²) in [5, 5.41) is 3.91. The van der Waals surface area contributed by atoms with Crippen LogP contribution in [0.5, 0.6) is 5.88 Å². The summed E-state index contributed by atoms with van der Waals surface area (Å²) < 4.78 is 5.63. The van der Waals surface area contributed by atoms with Gasteiger partial charge in [-0.05, 0) is 36.4 Å². The van der Waals surface area contributed by atoms with Gasteiger partial charge in [0.15, 0.2) is 0 Å². The number of nitrogens with one attached hydrogen (secondary N) is 1. The molecule has 0 aliphatic carbocycles. The van der Waals surface area contributed by atoms with Gasteiger partial charge < -0.3 is 10.1 Å². The van der Waals surface area contributed by atoms with Crippen LogP contribution < -0.4 is 10.1 Å². The third-order valence-electron chi connectivity index (χ3n) is 2.71. The Balaban J connectivity index is 2.48. The maximum Gasteiger partial charge on any atom is 0.232 e. The maximum atomic E-state index is 6.18. The van der Waals surface area contributed by atoms with Crippen LogP contribution in [0.25, 0.3) is 0 Å². The molecule has 1 N–H and O–H groups in total. The molecular formula is C15H25ClN2O. The molecule has 1 rings (SSSR count). The smallest absolute Gasteiger partial charge is 0.232 e. The van der Waals surface area contributed by atoms with E-state index in [-0.39, 0.29) is 5.41 Å². The highest BCUT2D eigenvalue weighted by Gasteiger charge is 2.11. The van der Waals surface area contributed by atoms with Crippen LogP contribution in [-0.2, 0) is 6.54 Å². The average molecular weight is 285 g/mol. The fourth-order valence-corrected chi connectivity index (χ4v) is 1.77. The highest BCUT2D eigenvalue weighted by molar-refractivity contribution is 6.31. The van der Waals surface area contributed by atoms with Crippen LogP contribution in [-0.4, -0.2) is 18.1 Å². The Hall–Kier alpha value is -0.800. The van der Waals surface area contributed by atoms with Gasteiger partial charge in [0.25, 0.3) is 0 Å². The van der Waals surface area contributed by atoms with E-state index in [0.717, 1.165) is 31.5 Å². The Bertz CT molecular complexity index is 388. The minimum Gasteiger partial charge on any atom is -0.477 e. The maximum absolute atomic E-state index is 6.18. The number of aromatic nitrogens is 1. The number of halogens is 1. The predicted octanol–water partition coefficient (Wildman–Crippen LogP) is 4.05. The van der Waals surface area contributed by atoms with Crippen molar-refractivity contribution in [3.05, 3.63) is 22.8 Å². The van der Waals surface area contributed by atoms with Crippen LogP contribution in [0, 0.1) is 5.41 Å². The van der Waals surface area contributed by atoms with Gasteiger partial charge in [-0.1, -0.05) is 39.3 Å². The van der Waals surface area contributed by atoms with Gasteiger partial charge in [0.2, 0.25) is 5.88 Å². The third-order valence-corrected chi connectivity index (χ3v) is 2.98. The van der Waals surface area contributed by atoms with Gasteiger partial charge in [-0.2, -0.15) is 0 Å². The fourth-order valence-electron chi connectivity index (χ4n) is 1.53. The van der Waals surface area contributed by atoms with E-state index in [1.807, 2.05) is 12.3 Å². The molecule has 0 aromatic carbocycles. The fraction of sp³-hybridized carbons (Fsp3) is 0.667. The van der Waals surface area contributed by atoms with Crippen molar-refractivity contribution in [2.45, 2.75) is 47.1 Å². The van der Waals surface area contributed by atoms with Crippen molar-refractivity contribution in [1.29, 1.82) is 0 Å². The second-order valence-corrected chi connectivity index (χ2v) is 6.37. The summed E-state index contributed by atoms with van der Waals surface area (Å²) in [6, 6.07) is 1.92. The Morgan fingerprint density at radius 2 is 2.11 bits per heavy atom. The van der Waals surface area contributed by atoms with Crippen molar-refractivity contribution in [2.24, 2.45) is 5.41 Å². The molecule has 0 amide bonds. The van der Waals surface area contributed by atoms with Gasteiger partial charge in [0.1, 0.15) is 5.02 Å². The number of rotatable bonds is 7. The molecule has 1 aromatic heterocycles. The minimum atomic E-state index is 0.260. The first-order valence-electron chi connectivity index (χ1n) is 6.90. The monoisotopic (exact) mass is 284 g/mol. The van der Waals surface area contributed by atoms with Gasteiger partial charge in [-0.15, -0.1) is 0 Å². The summed E-state index contributed by atoms with van der Waals surface area (Å²) in [7, 11) is 0. The summed E-state index contributed by atoms with van der Waals surface area (Å²) in [6.45, 7) is 11.1. The number of pyridine rings is 1. The molecule has 0 saturated carbocycles. The van der Waals surface area contributed by atoms with E-state index in [4.69, 9.17) is 16.3 Å². The summed E-state index contributed by atoms with van der Waals surface area (Å²) in [6.07, 6.45) is 3.92. The molecule has 19 heavy (non-hydrogen) atoms. The van der Waals surface area contributed by atoms with Crippen molar-refractivity contribution in [2.75, 3.05) is 13.2 Å². The van der Waals surface area contributed by atoms with Crippen LogP contribution in [0.3, 0.4) is 0 Å². The molecule has 0 atom stereocenters. The summed E-state index contributed by atoms with van der Waals surface area (Å²) in [5.74, 6) is 0.533. The molecule has 0 fully saturated rings. The average Bonchev–Trinajstić information content (AvgIpc) is 2.31. The molecule has 0 aliphatic heterocycles. The molecule has 0 saturated heterocycles. The molecule has 1 aromatic rings. The minimum absolute atomic E-state index is 0.260. The van der Waals surface area contributed by atoms with E-state index in [1.54, 1.807) is 0 Å². The van der Waals surface area contributed by atoms with E-state index in [0.29, 0.717) is 17.5 Å². The molecule has 0 aliphatic rings. The van der Waals surface area contributed by atoms with Gasteiger partial charge in [0, 0.05) is 12.7 Å². The Labute approximate surface area is 121 Å². The lowest BCUT2D eigenvalue weighted by atomic mass is 9.93. The van der Waals surface area contributed by atoms with Crippen molar-refractivity contribution in [3.63, 3.8) is 0 Å². The van der Waals surface area contributed by atoms with Crippen LogP contribution in [0.2, 0.25) is 5.02 Å². The predicted molar refractivity (Wildman–Crippen MR) is 80.8 cm³/mol. The second-order valence-electron chi connectivity index (χ2n) is 5.97. The standard InChI is InChI=1S/C15H25ClN2O/c1-5-7-17-10-12-9-13(16)14(18-11-12)19-8-6-15(2,3)4/h9,11,17H,5-8,10H2,1-4H3. The molecular weight excluding hydrogens is 260 g/mol. The molecule has 0 bridgehead atoms. The third kappa shape index (κ3) is 6.79. The van der Waals surface area contributed by atoms with E-state index in [9.17, 15) is 0 Å². The van der Waals surface area contributed by atoms with Gasteiger partial charge in [0.05, 0.1) is 6.61 Å². The van der Waals surface area contributed by atoms with Crippen LogP contribution in [0.4, 0.5) is 0 Å². The highest BCUT2D eigenvalue weighted by atomic mass is 35.5. The molecule has 0 radical (unpaired) electrons. The largest absolute Gasteiger partial charge is 0.477 e. The first kappa shape index (κ1) is 16.3. The zero-order chi connectivity index (χ0) is 14.3. The van der Waals surface area contributed by atoms with Crippen molar-refractivity contribution in [1.82, 2.24) is 10.3 Å². The number of ether oxygens (including phenoxy) is 1. The normalized spacial score (nSPS) is 11.6. The summed E-state index contributed by atoms with van der Waals surface area (Å²) >= 11 is 6.18. The quantitative estimate of drug-likeness (QED) is 0.767. The number of nitrogens with zero attached hydrogens (tertiary/aromatic N) is 1. The first-order valence-corrected chi connectivity index (χ1v) is 7.28. The van der Waals surface area contributed by atoms with E-state index in [2.05, 4.69) is 38.0 Å². The lowest BCUT2D eigenvalue weighted by Crippen LogP contribution is -2.14. The molecule has 1 heterocycles. The topological polar surface area (TPSA) is 34.2 Å². The lowest BCUT2D eigenvalue weighted by molar-refractivity contribution is 0.236. The Morgan fingerprint density at radius 3 is 2.68 bits per heavy atom. The van der Waals surface area contributed by atoms with Crippen molar-refractivity contribution >= 4 is 11.6 Å². The molecule has 0 unspecified atom stereocenters. The van der Waals surface area contributed by atoms with E-state index >= 15 is 0 Å². The van der Waals surface area contributed by atoms with E-state index < -0.39 is 0 Å². The summed E-state index contributed by atoms with van der Waals surface area (Å²) in [5.41, 5.74) is 1.35. The molecule has 0 spiro atoms. The Kier molecular flexibility index (Phi) is 6.59. The highest BCUT2D eigenvalue weighted by Crippen LogP contribution is 2.24. The van der Waals surface area contributed by atoms with Gasteiger partial charge in [-0.25, -0.2) is 4.98 Å². The molecule has 108 valence electrons. The Morgan fingerprint density at radius 1 is 1.37 bits per heavy atom. The summed E-state index contributed by atoms with van der Waals surface area (Å²) in [4.78, 5) is 4.28. The second kappa shape index (κ2) is 7.71. The van der Waals surface area contributed by atoms with Crippen LogP contribution >= 0.6 is 11.6 Å². The number of hydrogen-bond donors (Lipinski definition) is 1. The van der Waals surface area contributed by atoms with E-state index in [1.165, 1.54) is 0 Å². The zero-order valence-electron chi connectivity index (χ0n) is 12.4. The number of hydrogen-bond acceptors (Lipinski definition) is 3. The van der Waals surface area contributed by atoms with Gasteiger partial charge >= 0.3 is 0 Å². The van der Waals surface area contributed by atoms with Crippen LogP contribution in [0.15, 0.2) is 12.3 Å². The van der Waals surface area contributed by atoms with Crippen molar-refractivity contribution < 1.29 is 4.74 Å². The van der Waals surface area contributed by atoms with Crippen molar-refractivity contribution in [3.8, 4) is 5.88 Å². The van der Waals surface area contributed by atoms with Gasteiger partial charge in [-0.3, -0.25) is 0 Å². The van der Waals surface area contributed by atoms with Crippen LogP contribution in [0.1, 0.15) is 46.1 Å². The zero-order valence-corrected chi connectivity index (χ0v) is 13.2. The first-order chi connectivity index (χ1) is 8.92. The molecule has 3 nitrogen and oxygen atoms in total.